The summed E-state index contributed by atoms with van der Waals surface area (Å²) in [6, 6.07) is 0. The SMILES string of the molecule is CC/C=C(CC)/N=C(/C)NCC. The van der Waals surface area contributed by atoms with E-state index in [-0.39, 0.29) is 0 Å². The Morgan fingerprint density at radius 1 is 1.33 bits per heavy atom. The van der Waals surface area contributed by atoms with Gasteiger partial charge in [-0.15, -0.1) is 0 Å². The quantitative estimate of drug-likeness (QED) is 0.506. The summed E-state index contributed by atoms with van der Waals surface area (Å²) in [5.41, 5.74) is 1.18. The van der Waals surface area contributed by atoms with E-state index in [1.54, 1.807) is 0 Å². The van der Waals surface area contributed by atoms with Crippen LogP contribution in [0.1, 0.15) is 40.5 Å². The molecule has 0 unspecified atom stereocenters. The molecule has 0 heterocycles. The van der Waals surface area contributed by atoms with Gasteiger partial charge in [0, 0.05) is 12.2 Å². The molecule has 0 spiro atoms. The van der Waals surface area contributed by atoms with Crippen molar-refractivity contribution < 1.29 is 0 Å². The molecule has 0 amide bonds. The average Bonchev–Trinajstić information content (AvgIpc) is 2.04. The normalized spacial score (nSPS) is 13.3. The van der Waals surface area contributed by atoms with Gasteiger partial charge in [-0.05, 0) is 26.7 Å². The molecule has 2 heteroatoms. The van der Waals surface area contributed by atoms with Crippen LogP contribution < -0.4 is 5.32 Å². The summed E-state index contributed by atoms with van der Waals surface area (Å²) in [5.74, 6) is 1.01. The molecule has 70 valence electrons. The molecule has 0 aliphatic rings. The molecule has 0 aliphatic carbocycles. The van der Waals surface area contributed by atoms with Gasteiger partial charge < -0.3 is 5.32 Å². The molecule has 0 bridgehead atoms. The highest BCUT2D eigenvalue weighted by atomic mass is 15.0. The van der Waals surface area contributed by atoms with Gasteiger partial charge in [0.05, 0.1) is 5.84 Å². The predicted octanol–water partition coefficient (Wildman–Crippen LogP) is 2.72. The summed E-state index contributed by atoms with van der Waals surface area (Å²) in [7, 11) is 0. The fraction of sp³-hybridized carbons (Fsp3) is 0.700. The van der Waals surface area contributed by atoms with E-state index in [1.165, 1.54) is 5.70 Å². The highest BCUT2D eigenvalue weighted by molar-refractivity contribution is 5.80. The second-order valence-electron chi connectivity index (χ2n) is 2.68. The highest BCUT2D eigenvalue weighted by Crippen LogP contribution is 2.03. The van der Waals surface area contributed by atoms with Crippen molar-refractivity contribution in [3.63, 3.8) is 0 Å². The first-order valence-electron chi connectivity index (χ1n) is 4.72. The van der Waals surface area contributed by atoms with Crippen LogP contribution in [0.4, 0.5) is 0 Å². The Kier molecular flexibility index (Phi) is 6.44. The van der Waals surface area contributed by atoms with Crippen LogP contribution in [0.5, 0.6) is 0 Å². The smallest absolute Gasteiger partial charge is 0.0986 e. The van der Waals surface area contributed by atoms with Crippen molar-refractivity contribution in [2.45, 2.75) is 40.5 Å². The number of hydrogen-bond acceptors (Lipinski definition) is 1. The molecule has 0 saturated heterocycles. The van der Waals surface area contributed by atoms with E-state index < -0.39 is 0 Å². The molecule has 0 aliphatic heterocycles. The van der Waals surface area contributed by atoms with Gasteiger partial charge in [-0.2, -0.15) is 0 Å². The van der Waals surface area contributed by atoms with E-state index in [9.17, 15) is 0 Å². The summed E-state index contributed by atoms with van der Waals surface area (Å²) in [5, 5.41) is 3.18. The molecule has 12 heavy (non-hydrogen) atoms. The van der Waals surface area contributed by atoms with Gasteiger partial charge in [-0.1, -0.05) is 19.9 Å². The van der Waals surface area contributed by atoms with Crippen LogP contribution in [0.2, 0.25) is 0 Å². The van der Waals surface area contributed by atoms with Gasteiger partial charge in [0.1, 0.15) is 0 Å². The molecule has 0 rings (SSSR count). The summed E-state index contributed by atoms with van der Waals surface area (Å²) < 4.78 is 0. The van der Waals surface area contributed by atoms with E-state index >= 15 is 0 Å². The van der Waals surface area contributed by atoms with Crippen molar-refractivity contribution in [2.75, 3.05) is 6.54 Å². The van der Waals surface area contributed by atoms with Crippen molar-refractivity contribution in [3.8, 4) is 0 Å². The Hall–Kier alpha value is -0.790. The number of nitrogens with zero attached hydrogens (tertiary/aromatic N) is 1. The number of hydrogen-bond donors (Lipinski definition) is 1. The lowest BCUT2D eigenvalue weighted by atomic mass is 10.3. The van der Waals surface area contributed by atoms with Crippen molar-refractivity contribution in [1.29, 1.82) is 0 Å². The fourth-order valence-corrected chi connectivity index (χ4v) is 1.02. The van der Waals surface area contributed by atoms with E-state index in [4.69, 9.17) is 0 Å². The molecule has 0 saturated carbocycles. The van der Waals surface area contributed by atoms with Crippen LogP contribution in [0.15, 0.2) is 16.8 Å². The molecule has 2 nitrogen and oxygen atoms in total. The monoisotopic (exact) mass is 168 g/mol. The predicted molar refractivity (Wildman–Crippen MR) is 55.5 cm³/mol. The number of amidine groups is 1. The maximum Gasteiger partial charge on any atom is 0.0986 e. The Morgan fingerprint density at radius 2 is 2.00 bits per heavy atom. The van der Waals surface area contributed by atoms with Crippen molar-refractivity contribution in [1.82, 2.24) is 5.32 Å². The zero-order valence-electron chi connectivity index (χ0n) is 8.65. The Balaban J connectivity index is 4.15. The molecule has 0 fully saturated rings. The van der Waals surface area contributed by atoms with Crippen LogP contribution >= 0.6 is 0 Å². The largest absolute Gasteiger partial charge is 0.374 e. The first-order chi connectivity index (χ1) is 5.74. The van der Waals surface area contributed by atoms with E-state index in [1.807, 2.05) is 6.92 Å². The maximum absolute atomic E-state index is 4.44. The third kappa shape index (κ3) is 4.94. The van der Waals surface area contributed by atoms with Gasteiger partial charge in [-0.25, -0.2) is 4.99 Å². The number of rotatable bonds is 4. The highest BCUT2D eigenvalue weighted by Gasteiger charge is 1.90. The average molecular weight is 168 g/mol. The summed E-state index contributed by atoms with van der Waals surface area (Å²) in [6.07, 6.45) is 4.24. The third-order valence-electron chi connectivity index (χ3n) is 1.55. The number of aliphatic imine (C=N–C) groups is 1. The molecule has 1 N–H and O–H groups in total. The summed E-state index contributed by atoms with van der Waals surface area (Å²) in [6.45, 7) is 9.28. The number of allylic oxidation sites excluding steroid dienone is 2. The molecule has 0 radical (unpaired) electrons. The fourth-order valence-electron chi connectivity index (χ4n) is 1.02. The molecule has 0 aromatic rings. The molecular formula is C10H20N2. The topological polar surface area (TPSA) is 24.4 Å². The lowest BCUT2D eigenvalue weighted by Gasteiger charge is -2.02. The van der Waals surface area contributed by atoms with Crippen molar-refractivity contribution in [3.05, 3.63) is 11.8 Å². The first-order valence-corrected chi connectivity index (χ1v) is 4.72. The minimum absolute atomic E-state index is 0.943. The van der Waals surface area contributed by atoms with Crippen LogP contribution in [0.3, 0.4) is 0 Å². The second-order valence-corrected chi connectivity index (χ2v) is 2.68. The first kappa shape index (κ1) is 11.2. The standard InChI is InChI=1S/C10H20N2/c1-5-8-10(6-2)12-9(4)11-7-3/h8H,5-7H2,1-4H3,(H,11,12)/b10-8+. The van der Waals surface area contributed by atoms with Gasteiger partial charge in [0.15, 0.2) is 0 Å². The molecule has 0 atom stereocenters. The van der Waals surface area contributed by atoms with E-state index in [2.05, 4.69) is 37.2 Å². The Labute approximate surface area is 75.8 Å². The van der Waals surface area contributed by atoms with Gasteiger partial charge in [0.2, 0.25) is 0 Å². The van der Waals surface area contributed by atoms with Crippen LogP contribution in [-0.4, -0.2) is 12.4 Å². The van der Waals surface area contributed by atoms with Crippen molar-refractivity contribution >= 4 is 5.84 Å². The van der Waals surface area contributed by atoms with E-state index in [0.29, 0.717) is 0 Å². The maximum atomic E-state index is 4.44. The third-order valence-corrected chi connectivity index (χ3v) is 1.55. The second kappa shape index (κ2) is 6.89. The minimum atomic E-state index is 0.943. The summed E-state index contributed by atoms with van der Waals surface area (Å²) in [4.78, 5) is 4.44. The molecule has 0 aromatic heterocycles. The number of nitrogens with one attached hydrogen (secondary N) is 1. The van der Waals surface area contributed by atoms with Gasteiger partial charge >= 0.3 is 0 Å². The van der Waals surface area contributed by atoms with Crippen LogP contribution in [0.25, 0.3) is 0 Å². The zero-order chi connectivity index (χ0) is 9.40. The molecular weight excluding hydrogens is 148 g/mol. The lowest BCUT2D eigenvalue weighted by molar-refractivity contribution is 0.941. The Morgan fingerprint density at radius 3 is 2.42 bits per heavy atom. The minimum Gasteiger partial charge on any atom is -0.374 e. The summed E-state index contributed by atoms with van der Waals surface area (Å²) >= 11 is 0. The Bertz CT molecular complexity index is 169. The van der Waals surface area contributed by atoms with Crippen LogP contribution in [-0.2, 0) is 0 Å². The zero-order valence-corrected chi connectivity index (χ0v) is 8.65. The van der Waals surface area contributed by atoms with Crippen LogP contribution in [0, 0.1) is 0 Å². The molecule has 0 aromatic carbocycles. The van der Waals surface area contributed by atoms with E-state index in [0.717, 1.165) is 25.2 Å². The van der Waals surface area contributed by atoms with Crippen molar-refractivity contribution in [2.24, 2.45) is 4.99 Å². The van der Waals surface area contributed by atoms with Gasteiger partial charge in [0.25, 0.3) is 0 Å². The lowest BCUT2D eigenvalue weighted by Crippen LogP contribution is -2.19. The van der Waals surface area contributed by atoms with Gasteiger partial charge in [-0.3, -0.25) is 0 Å².